The van der Waals surface area contributed by atoms with E-state index in [4.69, 9.17) is 14.7 Å². The van der Waals surface area contributed by atoms with Gasteiger partial charge in [0.2, 0.25) is 0 Å². The molecule has 0 radical (unpaired) electrons. The highest BCUT2D eigenvalue weighted by molar-refractivity contribution is 5.88. The number of benzene rings is 1. The highest BCUT2D eigenvalue weighted by atomic mass is 16.6. The number of hydrogen-bond donors (Lipinski definition) is 1. The van der Waals surface area contributed by atoms with Crippen LogP contribution in [0, 0.1) is 35.0 Å². The molecule has 2 aromatic rings. The quantitative estimate of drug-likeness (QED) is 0.615. The van der Waals surface area contributed by atoms with Crippen LogP contribution in [0.5, 0.6) is 0 Å². The first kappa shape index (κ1) is 24.5. The molecule has 1 N–H and O–H groups in total. The topological polar surface area (TPSA) is 101 Å². The summed E-state index contributed by atoms with van der Waals surface area (Å²) >= 11 is 0. The van der Waals surface area contributed by atoms with Crippen molar-refractivity contribution in [2.75, 3.05) is 6.61 Å². The molecule has 1 aliphatic heterocycles. The van der Waals surface area contributed by atoms with Crippen LogP contribution >= 0.6 is 0 Å². The minimum absolute atomic E-state index is 0.00378. The van der Waals surface area contributed by atoms with Crippen molar-refractivity contribution in [2.24, 2.45) is 23.7 Å². The number of cyclic esters (lactones) is 1. The van der Waals surface area contributed by atoms with Gasteiger partial charge in [-0.05, 0) is 67.9 Å². The van der Waals surface area contributed by atoms with Crippen molar-refractivity contribution in [3.05, 3.63) is 59.9 Å². The number of allylic oxidation sites excluding steroid dienone is 1. The summed E-state index contributed by atoms with van der Waals surface area (Å²) < 4.78 is 10.8. The van der Waals surface area contributed by atoms with Crippen LogP contribution in [-0.2, 0) is 14.3 Å². The Morgan fingerprint density at radius 1 is 1.29 bits per heavy atom. The summed E-state index contributed by atoms with van der Waals surface area (Å²) in [6.45, 7) is 8.15. The first-order valence-corrected chi connectivity index (χ1v) is 12.1. The molecule has 35 heavy (non-hydrogen) atoms. The maximum absolute atomic E-state index is 13.0. The Balaban J connectivity index is 1.60. The predicted octanol–water partition coefficient (Wildman–Crippen LogP) is 4.97. The highest BCUT2D eigenvalue weighted by Gasteiger charge is 2.63. The largest absolute Gasteiger partial charge is 0.460 e. The summed E-state index contributed by atoms with van der Waals surface area (Å²) in [5, 5.41) is 12.0. The van der Waals surface area contributed by atoms with Crippen LogP contribution < -0.4 is 5.32 Å². The maximum Gasteiger partial charge on any atom is 0.408 e. The monoisotopic (exact) mass is 473 g/mol. The first-order valence-electron chi connectivity index (χ1n) is 12.1. The zero-order valence-corrected chi connectivity index (χ0v) is 20.5. The minimum Gasteiger partial charge on any atom is -0.460 e. The van der Waals surface area contributed by atoms with Gasteiger partial charge in [0.15, 0.2) is 0 Å². The number of pyridine rings is 1. The summed E-state index contributed by atoms with van der Waals surface area (Å²) in [6, 6.07) is 13.5. The van der Waals surface area contributed by atoms with Gasteiger partial charge < -0.3 is 14.8 Å². The van der Waals surface area contributed by atoms with Gasteiger partial charge in [0.25, 0.3) is 0 Å². The lowest BCUT2D eigenvalue weighted by molar-refractivity contribution is -0.146. The van der Waals surface area contributed by atoms with E-state index in [1.54, 1.807) is 19.2 Å². The summed E-state index contributed by atoms with van der Waals surface area (Å²) in [4.78, 5) is 30.0. The van der Waals surface area contributed by atoms with Crippen molar-refractivity contribution in [1.29, 1.82) is 5.26 Å². The number of ether oxygens (including phenoxy) is 2. The van der Waals surface area contributed by atoms with E-state index in [0.717, 1.165) is 16.8 Å². The van der Waals surface area contributed by atoms with Crippen LogP contribution in [0.25, 0.3) is 17.2 Å². The molecule has 1 saturated heterocycles. The molecule has 2 heterocycles. The van der Waals surface area contributed by atoms with Crippen molar-refractivity contribution in [3.8, 4) is 17.2 Å². The number of esters is 1. The first-order chi connectivity index (χ1) is 16.8. The molecule has 182 valence electrons. The van der Waals surface area contributed by atoms with E-state index in [0.29, 0.717) is 12.0 Å². The van der Waals surface area contributed by atoms with Crippen LogP contribution in [0.3, 0.4) is 0 Å². The molecule has 1 amide bonds. The maximum atomic E-state index is 13.0. The number of nitrogens with zero attached hydrogens (tertiary/aromatic N) is 2. The Morgan fingerprint density at radius 2 is 2.09 bits per heavy atom. The molecule has 6 atom stereocenters. The van der Waals surface area contributed by atoms with E-state index in [9.17, 15) is 9.59 Å². The van der Waals surface area contributed by atoms with Crippen LogP contribution in [-0.4, -0.2) is 35.3 Å². The lowest BCUT2D eigenvalue weighted by Crippen LogP contribution is -2.63. The number of fused-ring (bicyclic) bond motifs is 1. The molecule has 1 aliphatic carbocycles. The van der Waals surface area contributed by atoms with Gasteiger partial charge in [-0.1, -0.05) is 38.1 Å². The standard InChI is InChI=1S/C28H31N3O4/c1-5-34-27(33)31-28-14-17(2)18(3)24(25(28)19(4)35-26(28)32)12-11-23-10-9-22(16-30-23)21-8-6-7-20(13-21)15-29/h6-13,16-19,24-25H,5,14H2,1-4H3,(H,31,33)/b12-11+/t17?,18?,19-,24?,25+,28+/m1/s1. The molecular formula is C28H31N3O4. The number of nitrogens with one attached hydrogen (secondary N) is 1. The lowest BCUT2D eigenvalue weighted by Gasteiger charge is -2.47. The van der Waals surface area contributed by atoms with E-state index >= 15 is 0 Å². The third-order valence-electron chi connectivity index (χ3n) is 7.50. The number of nitriles is 1. The molecule has 2 aliphatic rings. The number of amides is 1. The van der Waals surface area contributed by atoms with Gasteiger partial charge in [0.05, 0.1) is 23.9 Å². The molecule has 3 unspecified atom stereocenters. The lowest BCUT2D eigenvalue weighted by atomic mass is 9.58. The molecule has 0 bridgehead atoms. The van der Waals surface area contributed by atoms with Gasteiger partial charge in [-0.15, -0.1) is 0 Å². The van der Waals surface area contributed by atoms with Gasteiger partial charge in [-0.3, -0.25) is 4.98 Å². The number of rotatable bonds is 5. The van der Waals surface area contributed by atoms with Crippen molar-refractivity contribution < 1.29 is 19.1 Å². The normalized spacial score (nSPS) is 29.8. The van der Waals surface area contributed by atoms with Gasteiger partial charge >= 0.3 is 12.1 Å². The predicted molar refractivity (Wildman–Crippen MR) is 132 cm³/mol. The molecule has 1 aromatic carbocycles. The average molecular weight is 474 g/mol. The second kappa shape index (κ2) is 9.91. The van der Waals surface area contributed by atoms with Crippen molar-refractivity contribution >= 4 is 18.1 Å². The second-order valence-electron chi connectivity index (χ2n) is 9.59. The molecule has 7 nitrogen and oxygen atoms in total. The van der Waals surface area contributed by atoms with Crippen molar-refractivity contribution in [1.82, 2.24) is 10.3 Å². The Labute approximate surface area is 206 Å². The summed E-state index contributed by atoms with van der Waals surface area (Å²) in [5.41, 5.74) is 2.16. The fourth-order valence-electron chi connectivity index (χ4n) is 5.63. The number of aromatic nitrogens is 1. The summed E-state index contributed by atoms with van der Waals surface area (Å²) in [7, 11) is 0. The van der Waals surface area contributed by atoms with Crippen LogP contribution in [0.1, 0.15) is 45.4 Å². The Kier molecular flexibility index (Phi) is 6.93. The average Bonchev–Trinajstić information content (AvgIpc) is 3.08. The Hall–Kier alpha value is -3.66. The van der Waals surface area contributed by atoms with Gasteiger partial charge in [0.1, 0.15) is 11.6 Å². The Morgan fingerprint density at radius 3 is 2.77 bits per heavy atom. The van der Waals surface area contributed by atoms with Gasteiger partial charge in [0, 0.05) is 17.7 Å². The SMILES string of the molecule is CCOC(=O)N[C@@]12CC(C)C(C)C(/C=C/c3ccc(-c4cccc(C#N)c4)cn3)[C@@H]1[C@@H](C)OC2=O. The van der Waals surface area contributed by atoms with Gasteiger partial charge in [-0.2, -0.15) is 5.26 Å². The molecular weight excluding hydrogens is 442 g/mol. The van der Waals surface area contributed by atoms with E-state index in [-0.39, 0.29) is 42.4 Å². The number of hydrogen-bond acceptors (Lipinski definition) is 6. The fraction of sp³-hybridized carbons (Fsp3) is 0.429. The van der Waals surface area contributed by atoms with Crippen LogP contribution in [0.4, 0.5) is 4.79 Å². The Bertz CT molecular complexity index is 1170. The molecule has 1 aromatic heterocycles. The summed E-state index contributed by atoms with van der Waals surface area (Å²) in [5.74, 6) is -0.144. The van der Waals surface area contributed by atoms with Crippen LogP contribution in [0.15, 0.2) is 48.7 Å². The third-order valence-corrected chi connectivity index (χ3v) is 7.50. The molecule has 4 rings (SSSR count). The van der Waals surface area contributed by atoms with Crippen LogP contribution in [0.2, 0.25) is 0 Å². The number of alkyl carbamates (subject to hydrolysis) is 1. The van der Waals surface area contributed by atoms with E-state index < -0.39 is 11.6 Å². The molecule has 1 saturated carbocycles. The third kappa shape index (κ3) is 4.66. The fourth-order valence-corrected chi connectivity index (χ4v) is 5.63. The second-order valence-corrected chi connectivity index (χ2v) is 9.59. The molecule has 0 spiro atoms. The van der Waals surface area contributed by atoms with Gasteiger partial charge in [-0.25, -0.2) is 9.59 Å². The summed E-state index contributed by atoms with van der Waals surface area (Å²) in [6.07, 6.45) is 5.45. The zero-order valence-electron chi connectivity index (χ0n) is 20.5. The van der Waals surface area contributed by atoms with E-state index in [1.807, 2.05) is 43.3 Å². The van der Waals surface area contributed by atoms with E-state index in [1.165, 1.54) is 0 Å². The smallest absolute Gasteiger partial charge is 0.408 e. The molecule has 2 fully saturated rings. The minimum atomic E-state index is -1.10. The molecule has 7 heteroatoms. The zero-order chi connectivity index (χ0) is 25.2. The van der Waals surface area contributed by atoms with Crippen molar-refractivity contribution in [3.63, 3.8) is 0 Å². The highest BCUT2D eigenvalue weighted by Crippen LogP contribution is 2.51. The number of carbonyl (C=O) groups is 2. The number of carbonyl (C=O) groups excluding carboxylic acids is 2. The van der Waals surface area contributed by atoms with E-state index in [2.05, 4.69) is 36.3 Å². The van der Waals surface area contributed by atoms with Crippen molar-refractivity contribution in [2.45, 2.75) is 45.8 Å².